The highest BCUT2D eigenvalue weighted by atomic mass is 16.5. The van der Waals surface area contributed by atoms with Gasteiger partial charge in [0.25, 0.3) is 5.91 Å². The van der Waals surface area contributed by atoms with Crippen LogP contribution < -0.4 is 11.1 Å². The minimum absolute atomic E-state index is 0.156. The van der Waals surface area contributed by atoms with E-state index < -0.39 is 0 Å². The Bertz CT molecular complexity index is 533. The monoisotopic (exact) mass is 251 g/mol. The highest BCUT2D eigenvalue weighted by Gasteiger charge is 2.11. The maximum absolute atomic E-state index is 11.7. The highest BCUT2D eigenvalue weighted by Crippen LogP contribution is 1.97. The first-order valence-electron chi connectivity index (χ1n) is 5.36. The molecule has 9 nitrogen and oxygen atoms in total. The first-order chi connectivity index (χ1) is 8.69. The van der Waals surface area contributed by atoms with Crippen LogP contribution >= 0.6 is 0 Å². The second-order valence-corrected chi connectivity index (χ2v) is 3.57. The number of amides is 1. The number of carbonyl (C=O) groups excluding carboxylic acids is 1. The molecule has 0 unspecified atom stereocenters. The Kier molecular flexibility index (Phi) is 3.63. The molecule has 2 aromatic heterocycles. The van der Waals surface area contributed by atoms with Crippen molar-refractivity contribution in [1.82, 2.24) is 30.5 Å². The molecule has 0 aliphatic heterocycles. The van der Waals surface area contributed by atoms with Gasteiger partial charge in [0.15, 0.2) is 11.5 Å². The van der Waals surface area contributed by atoms with Crippen molar-refractivity contribution < 1.29 is 9.32 Å². The molecule has 96 valence electrons. The molecule has 0 aromatic carbocycles. The van der Waals surface area contributed by atoms with Gasteiger partial charge in [0.05, 0.1) is 19.3 Å². The Labute approximate surface area is 102 Å². The van der Waals surface area contributed by atoms with Crippen LogP contribution in [0.4, 0.5) is 0 Å². The number of rotatable bonds is 5. The van der Waals surface area contributed by atoms with Gasteiger partial charge in [0, 0.05) is 6.54 Å². The minimum atomic E-state index is -0.353. The van der Waals surface area contributed by atoms with Crippen molar-refractivity contribution >= 4 is 5.91 Å². The van der Waals surface area contributed by atoms with E-state index in [4.69, 9.17) is 10.3 Å². The van der Waals surface area contributed by atoms with Crippen LogP contribution in [-0.2, 0) is 13.1 Å². The molecule has 1 amide bonds. The molecule has 3 N–H and O–H groups in total. The Morgan fingerprint density at radius 2 is 2.44 bits per heavy atom. The van der Waals surface area contributed by atoms with Crippen LogP contribution in [0.2, 0.25) is 0 Å². The molecule has 0 spiro atoms. The van der Waals surface area contributed by atoms with Gasteiger partial charge in [-0.15, -0.1) is 5.10 Å². The molecule has 0 fully saturated rings. The standard InChI is InChI=1S/C9H13N7O2/c1-6-12-8(18-14-6)4-11-9(17)7-5-16(3-2-10)15-13-7/h5H,2-4,10H2,1H3,(H,11,17). The lowest BCUT2D eigenvalue weighted by Crippen LogP contribution is -2.23. The van der Waals surface area contributed by atoms with Crippen LogP contribution in [0.1, 0.15) is 22.2 Å². The number of aryl methyl sites for hydroxylation is 1. The van der Waals surface area contributed by atoms with Crippen LogP contribution in [0.5, 0.6) is 0 Å². The molecule has 0 radical (unpaired) electrons. The molecule has 0 bridgehead atoms. The van der Waals surface area contributed by atoms with Crippen molar-refractivity contribution in [3.05, 3.63) is 23.6 Å². The Balaban J connectivity index is 1.90. The third-order valence-corrected chi connectivity index (χ3v) is 2.10. The lowest BCUT2D eigenvalue weighted by atomic mass is 10.4. The second-order valence-electron chi connectivity index (χ2n) is 3.57. The smallest absolute Gasteiger partial charge is 0.273 e. The van der Waals surface area contributed by atoms with Gasteiger partial charge < -0.3 is 15.6 Å². The predicted molar refractivity (Wildman–Crippen MR) is 59.3 cm³/mol. The van der Waals surface area contributed by atoms with Gasteiger partial charge in [0.2, 0.25) is 5.89 Å². The lowest BCUT2D eigenvalue weighted by molar-refractivity contribution is 0.0941. The summed E-state index contributed by atoms with van der Waals surface area (Å²) in [4.78, 5) is 15.7. The van der Waals surface area contributed by atoms with Crippen LogP contribution in [0.25, 0.3) is 0 Å². The van der Waals surface area contributed by atoms with E-state index >= 15 is 0 Å². The zero-order valence-corrected chi connectivity index (χ0v) is 9.83. The van der Waals surface area contributed by atoms with Gasteiger partial charge in [-0.05, 0) is 6.92 Å². The second kappa shape index (κ2) is 5.36. The van der Waals surface area contributed by atoms with Crippen molar-refractivity contribution in [2.45, 2.75) is 20.0 Å². The van der Waals surface area contributed by atoms with E-state index in [-0.39, 0.29) is 18.1 Å². The predicted octanol–water partition coefficient (Wildman–Crippen LogP) is -1.14. The van der Waals surface area contributed by atoms with E-state index in [9.17, 15) is 4.79 Å². The highest BCUT2D eigenvalue weighted by molar-refractivity contribution is 5.91. The van der Waals surface area contributed by atoms with E-state index in [1.807, 2.05) is 0 Å². The van der Waals surface area contributed by atoms with Gasteiger partial charge in [-0.1, -0.05) is 10.4 Å². The summed E-state index contributed by atoms with van der Waals surface area (Å²) in [5.74, 6) is 0.512. The topological polar surface area (TPSA) is 125 Å². The fraction of sp³-hybridized carbons (Fsp3) is 0.444. The summed E-state index contributed by atoms with van der Waals surface area (Å²) >= 11 is 0. The summed E-state index contributed by atoms with van der Waals surface area (Å²) in [5.41, 5.74) is 5.59. The van der Waals surface area contributed by atoms with E-state index in [0.717, 1.165) is 0 Å². The van der Waals surface area contributed by atoms with Crippen molar-refractivity contribution in [3.8, 4) is 0 Å². The van der Waals surface area contributed by atoms with Crippen LogP contribution in [0.3, 0.4) is 0 Å². The summed E-state index contributed by atoms with van der Waals surface area (Å²) in [6.07, 6.45) is 1.53. The average molecular weight is 251 g/mol. The van der Waals surface area contributed by atoms with Crippen LogP contribution in [0.15, 0.2) is 10.7 Å². The number of nitrogens with two attached hydrogens (primary N) is 1. The summed E-state index contributed by atoms with van der Waals surface area (Å²) in [6.45, 7) is 2.81. The fourth-order valence-electron chi connectivity index (χ4n) is 1.30. The van der Waals surface area contributed by atoms with E-state index in [0.29, 0.717) is 24.8 Å². The van der Waals surface area contributed by atoms with Gasteiger partial charge in [-0.2, -0.15) is 4.98 Å². The maximum Gasteiger partial charge on any atom is 0.273 e. The van der Waals surface area contributed by atoms with Crippen molar-refractivity contribution in [1.29, 1.82) is 0 Å². The van der Waals surface area contributed by atoms with Crippen molar-refractivity contribution in [2.24, 2.45) is 5.73 Å². The van der Waals surface area contributed by atoms with Crippen molar-refractivity contribution in [3.63, 3.8) is 0 Å². The fourth-order valence-corrected chi connectivity index (χ4v) is 1.30. The molecule has 0 saturated heterocycles. The zero-order valence-electron chi connectivity index (χ0n) is 9.83. The molecule has 18 heavy (non-hydrogen) atoms. The summed E-state index contributed by atoms with van der Waals surface area (Å²) in [5, 5.41) is 13.7. The van der Waals surface area contributed by atoms with Gasteiger partial charge in [-0.3, -0.25) is 9.48 Å². The Morgan fingerprint density at radius 1 is 1.61 bits per heavy atom. The summed E-state index contributed by atoms with van der Waals surface area (Å²) < 4.78 is 6.37. The summed E-state index contributed by atoms with van der Waals surface area (Å²) in [7, 11) is 0. The molecular weight excluding hydrogens is 238 g/mol. The zero-order chi connectivity index (χ0) is 13.0. The molecule has 2 heterocycles. The molecule has 0 aliphatic rings. The van der Waals surface area contributed by atoms with Crippen LogP contribution in [0, 0.1) is 6.92 Å². The number of hydrogen-bond acceptors (Lipinski definition) is 7. The normalized spacial score (nSPS) is 10.6. The quantitative estimate of drug-likeness (QED) is 0.687. The molecule has 0 aliphatic carbocycles. The summed E-state index contributed by atoms with van der Waals surface area (Å²) in [6, 6.07) is 0. The first-order valence-corrected chi connectivity index (χ1v) is 5.36. The molecule has 2 aromatic rings. The van der Waals surface area contributed by atoms with E-state index in [1.54, 1.807) is 6.92 Å². The van der Waals surface area contributed by atoms with Crippen molar-refractivity contribution in [2.75, 3.05) is 6.54 Å². The lowest BCUT2D eigenvalue weighted by Gasteiger charge is -1.97. The third kappa shape index (κ3) is 2.88. The Morgan fingerprint density at radius 3 is 3.11 bits per heavy atom. The molecule has 0 atom stereocenters. The number of hydrogen-bond donors (Lipinski definition) is 2. The number of carbonyl (C=O) groups is 1. The first kappa shape index (κ1) is 12.2. The number of aromatic nitrogens is 5. The maximum atomic E-state index is 11.7. The van der Waals surface area contributed by atoms with E-state index in [2.05, 4.69) is 25.8 Å². The number of nitrogens with one attached hydrogen (secondary N) is 1. The molecule has 9 heteroatoms. The Hall–Kier alpha value is -2.29. The molecular formula is C9H13N7O2. The van der Waals surface area contributed by atoms with Gasteiger partial charge in [0.1, 0.15) is 0 Å². The molecule has 0 saturated carbocycles. The molecule has 2 rings (SSSR count). The average Bonchev–Trinajstić information content (AvgIpc) is 2.96. The van der Waals surface area contributed by atoms with Crippen LogP contribution in [-0.4, -0.2) is 37.6 Å². The SMILES string of the molecule is Cc1noc(CNC(=O)c2cn(CCN)nn2)n1. The van der Waals surface area contributed by atoms with Gasteiger partial charge >= 0.3 is 0 Å². The largest absolute Gasteiger partial charge is 0.342 e. The minimum Gasteiger partial charge on any atom is -0.342 e. The van der Waals surface area contributed by atoms with Gasteiger partial charge in [-0.25, -0.2) is 0 Å². The third-order valence-electron chi connectivity index (χ3n) is 2.10. The number of nitrogens with zero attached hydrogens (tertiary/aromatic N) is 5. The van der Waals surface area contributed by atoms with E-state index in [1.165, 1.54) is 10.9 Å².